The zero-order valence-corrected chi connectivity index (χ0v) is 14.8. The minimum Gasteiger partial charge on any atom is -0.462 e. The summed E-state index contributed by atoms with van der Waals surface area (Å²) in [5.41, 5.74) is 1.67. The molecule has 0 radical (unpaired) electrons. The molecule has 0 unspecified atom stereocenters. The summed E-state index contributed by atoms with van der Waals surface area (Å²) >= 11 is 0. The third-order valence-corrected chi connectivity index (χ3v) is 4.39. The second-order valence-electron chi connectivity index (χ2n) is 6.34. The number of ether oxygens (including phenoxy) is 2. The summed E-state index contributed by atoms with van der Waals surface area (Å²) in [4.78, 5) is 26.8. The molecule has 0 aromatic heterocycles. The lowest BCUT2D eigenvalue weighted by Crippen LogP contribution is -2.36. The fourth-order valence-electron chi connectivity index (χ4n) is 3.02. The van der Waals surface area contributed by atoms with Gasteiger partial charge in [0, 0.05) is 18.7 Å². The molecule has 2 aliphatic heterocycles. The van der Waals surface area contributed by atoms with E-state index in [1.165, 1.54) is 0 Å². The van der Waals surface area contributed by atoms with Crippen molar-refractivity contribution in [3.63, 3.8) is 0 Å². The molecule has 0 aromatic rings. The molecule has 0 spiro atoms. The summed E-state index contributed by atoms with van der Waals surface area (Å²) in [7, 11) is 0. The Kier molecular flexibility index (Phi) is 5.08. The second-order valence-corrected chi connectivity index (χ2v) is 6.34. The molecular weight excluding hydrogens is 322 g/mol. The fourth-order valence-corrected chi connectivity index (χ4v) is 3.02. The minimum atomic E-state index is -0.649. The molecule has 0 aromatic carbocycles. The quantitative estimate of drug-likeness (QED) is 0.794. The van der Waals surface area contributed by atoms with E-state index in [-0.39, 0.29) is 18.1 Å². The van der Waals surface area contributed by atoms with Crippen molar-refractivity contribution in [2.24, 2.45) is 0 Å². The highest BCUT2D eigenvalue weighted by atomic mass is 16.5. The normalized spacial score (nSPS) is 15.0. The fraction of sp³-hybridized carbons (Fsp3) is 0.474. The van der Waals surface area contributed by atoms with Gasteiger partial charge in [0.1, 0.15) is 0 Å². The molecule has 1 fully saturated rings. The first-order chi connectivity index (χ1) is 12.0. The molecule has 0 saturated carbocycles. The lowest BCUT2D eigenvalue weighted by atomic mass is 10.0. The summed E-state index contributed by atoms with van der Waals surface area (Å²) in [6, 6.07) is 5.84. The Balaban J connectivity index is 2.20. The average molecular weight is 345 g/mol. The van der Waals surface area contributed by atoms with Gasteiger partial charge in [-0.25, -0.2) is 9.59 Å². The van der Waals surface area contributed by atoms with Gasteiger partial charge in [-0.1, -0.05) is 19.9 Å². The number of nitrogens with zero attached hydrogens (tertiary/aromatic N) is 1. The molecule has 0 amide bonds. The first kappa shape index (κ1) is 17.5. The van der Waals surface area contributed by atoms with Gasteiger partial charge in [-0.15, -0.1) is 0 Å². The highest BCUT2D eigenvalue weighted by Crippen LogP contribution is 2.36. The zero-order chi connectivity index (χ0) is 18.0. The van der Waals surface area contributed by atoms with E-state index >= 15 is 0 Å². The summed E-state index contributed by atoms with van der Waals surface area (Å²) in [6.45, 7) is 8.70. The van der Waals surface area contributed by atoms with Crippen LogP contribution in [-0.4, -0.2) is 38.9 Å². The van der Waals surface area contributed by atoms with E-state index in [2.05, 4.69) is 18.7 Å². The first-order valence-corrected chi connectivity index (χ1v) is 8.63. The van der Waals surface area contributed by atoms with Crippen LogP contribution in [0.3, 0.4) is 0 Å². The van der Waals surface area contributed by atoms with Crippen molar-refractivity contribution >= 4 is 11.7 Å². The van der Waals surface area contributed by atoms with Gasteiger partial charge < -0.3 is 18.8 Å². The number of carbonyl (C=O) groups excluding carboxylic acids is 1. The number of hydrogen-bond acceptors (Lipinski definition) is 6. The van der Waals surface area contributed by atoms with Crippen LogP contribution < -0.4 is 10.5 Å². The monoisotopic (exact) mass is 345 g/mol. The molecule has 0 atom stereocenters. The van der Waals surface area contributed by atoms with Crippen LogP contribution in [0.1, 0.15) is 42.6 Å². The van der Waals surface area contributed by atoms with Crippen molar-refractivity contribution in [1.82, 2.24) is 0 Å². The summed E-state index contributed by atoms with van der Waals surface area (Å²) in [5.74, 6) is 0.0372. The Bertz CT molecular complexity index is 789. The number of rotatable bonds is 4. The maximum atomic E-state index is 12.4. The van der Waals surface area contributed by atoms with Crippen LogP contribution in [0.2, 0.25) is 0 Å². The number of fused-ring (bicyclic) bond motifs is 1. The Hall–Kier alpha value is -2.34. The molecule has 134 valence electrons. The highest BCUT2D eigenvalue weighted by molar-refractivity contribution is 5.98. The van der Waals surface area contributed by atoms with Gasteiger partial charge in [0.15, 0.2) is 11.3 Å². The number of carbonyl (C=O) groups is 1. The highest BCUT2D eigenvalue weighted by Gasteiger charge is 2.29. The van der Waals surface area contributed by atoms with Crippen LogP contribution in [-0.2, 0) is 9.47 Å². The number of anilines is 1. The van der Waals surface area contributed by atoms with Crippen molar-refractivity contribution in [1.29, 1.82) is 0 Å². The Morgan fingerprint density at radius 3 is 2.64 bits per heavy atom. The predicted molar refractivity (Wildman–Crippen MR) is 94.7 cm³/mol. The van der Waals surface area contributed by atoms with Crippen molar-refractivity contribution < 1.29 is 18.7 Å². The number of morpholine rings is 1. The first-order valence-electron chi connectivity index (χ1n) is 8.63. The largest absolute Gasteiger partial charge is 0.462 e. The lowest BCUT2D eigenvalue weighted by Gasteiger charge is -2.28. The molecule has 3 rings (SSSR count). The molecule has 2 heterocycles. The topological polar surface area (TPSA) is 69.0 Å². The Morgan fingerprint density at radius 2 is 2.00 bits per heavy atom. The number of esters is 1. The summed E-state index contributed by atoms with van der Waals surface area (Å²) in [6.07, 6.45) is 0. The lowest BCUT2D eigenvalue weighted by molar-refractivity contribution is 0.0524. The SMILES string of the molecule is CCOC(=O)c1c2cc(C(C)C)ccc(N3CCOCC3)c-2oc1=O. The van der Waals surface area contributed by atoms with Gasteiger partial charge in [0.05, 0.1) is 25.5 Å². The molecule has 3 aliphatic rings. The van der Waals surface area contributed by atoms with Crippen molar-refractivity contribution in [2.75, 3.05) is 37.8 Å². The van der Waals surface area contributed by atoms with Crippen molar-refractivity contribution in [2.45, 2.75) is 26.7 Å². The van der Waals surface area contributed by atoms with Gasteiger partial charge in [-0.2, -0.15) is 0 Å². The van der Waals surface area contributed by atoms with Crippen LogP contribution in [0.25, 0.3) is 11.3 Å². The van der Waals surface area contributed by atoms with E-state index in [1.54, 1.807) is 6.92 Å². The van der Waals surface area contributed by atoms with Crippen LogP contribution in [0, 0.1) is 0 Å². The molecule has 1 saturated heterocycles. The average Bonchev–Trinajstić information content (AvgIpc) is 2.79. The Morgan fingerprint density at radius 1 is 1.28 bits per heavy atom. The summed E-state index contributed by atoms with van der Waals surface area (Å²) in [5, 5.41) is 0. The smallest absolute Gasteiger partial charge is 0.351 e. The van der Waals surface area contributed by atoms with Crippen LogP contribution in [0.5, 0.6) is 0 Å². The van der Waals surface area contributed by atoms with E-state index in [4.69, 9.17) is 13.9 Å². The number of furan rings is 1. The zero-order valence-electron chi connectivity index (χ0n) is 14.8. The van der Waals surface area contributed by atoms with Crippen molar-refractivity contribution in [3.8, 4) is 11.3 Å². The Labute approximate surface area is 146 Å². The van der Waals surface area contributed by atoms with Crippen LogP contribution in [0.4, 0.5) is 5.69 Å². The third-order valence-electron chi connectivity index (χ3n) is 4.39. The molecule has 0 N–H and O–H groups in total. The molecule has 0 bridgehead atoms. The van der Waals surface area contributed by atoms with E-state index in [1.807, 2.05) is 18.2 Å². The van der Waals surface area contributed by atoms with Gasteiger partial charge in [0.2, 0.25) is 0 Å². The molecule has 1 aliphatic carbocycles. The molecular formula is C19H23NO5. The second kappa shape index (κ2) is 7.27. The molecule has 25 heavy (non-hydrogen) atoms. The van der Waals surface area contributed by atoms with Gasteiger partial charge in [-0.05, 0) is 30.5 Å². The van der Waals surface area contributed by atoms with E-state index in [0.717, 1.165) is 11.3 Å². The maximum absolute atomic E-state index is 12.4. The molecule has 6 heteroatoms. The van der Waals surface area contributed by atoms with Gasteiger partial charge >= 0.3 is 11.6 Å². The van der Waals surface area contributed by atoms with E-state index in [0.29, 0.717) is 37.6 Å². The number of hydrogen-bond donors (Lipinski definition) is 0. The van der Waals surface area contributed by atoms with E-state index < -0.39 is 11.6 Å². The van der Waals surface area contributed by atoms with Crippen LogP contribution in [0.15, 0.2) is 27.4 Å². The standard InChI is InChI=1S/C19H23NO5/c1-4-24-18(21)16-14-11-13(12(2)3)5-6-15(17(14)25-19(16)22)20-7-9-23-10-8-20/h5-6,11-12H,4,7-10H2,1-3H3. The third kappa shape index (κ3) is 3.39. The predicted octanol–water partition coefficient (Wildman–Crippen LogP) is 2.88. The van der Waals surface area contributed by atoms with Gasteiger partial charge in [0.25, 0.3) is 0 Å². The van der Waals surface area contributed by atoms with E-state index in [9.17, 15) is 9.59 Å². The minimum absolute atomic E-state index is 0.0236. The van der Waals surface area contributed by atoms with Crippen molar-refractivity contribution in [3.05, 3.63) is 39.7 Å². The summed E-state index contributed by atoms with van der Waals surface area (Å²) < 4.78 is 16.0. The van der Waals surface area contributed by atoms with Crippen LogP contribution >= 0.6 is 0 Å². The maximum Gasteiger partial charge on any atom is 0.351 e. The van der Waals surface area contributed by atoms with Gasteiger partial charge in [-0.3, -0.25) is 0 Å². The molecule has 6 nitrogen and oxygen atoms in total.